The Morgan fingerprint density at radius 2 is 1.00 bits per heavy atom. The average Bonchev–Trinajstić information content (AvgIpc) is 2.68. The van der Waals surface area contributed by atoms with Crippen LogP contribution >= 0.6 is 0 Å². The minimum absolute atomic E-state index is 0. The predicted molar refractivity (Wildman–Crippen MR) is 111 cm³/mol. The van der Waals surface area contributed by atoms with Crippen LogP contribution in [0, 0.1) is 0 Å². The van der Waals surface area contributed by atoms with E-state index in [1.165, 1.54) is 24.3 Å². The molecule has 12 heteroatoms. The minimum Gasteiger partial charge on any atom is -0.665 e. The summed E-state index contributed by atoms with van der Waals surface area (Å²) in [5.41, 5.74) is 2.43. The number of rotatable bonds is 2. The third-order valence-electron chi connectivity index (χ3n) is 3.85. The van der Waals surface area contributed by atoms with Gasteiger partial charge in [-0.25, -0.2) is 0 Å². The Morgan fingerprint density at radius 3 is 1.34 bits per heavy atom. The van der Waals surface area contributed by atoms with Crippen LogP contribution in [-0.2, 0) is 81.9 Å². The second kappa shape index (κ2) is 19.1. The van der Waals surface area contributed by atoms with Gasteiger partial charge in [-0.2, -0.15) is 12.4 Å². The SMILES string of the molecule is C1=C[N-]c2c3c(ccc2=C1)=CC=C[N-]3.O.O.O.OC(O)c1cccc(C(O)O)c1.[Cd+2].[Cd].[Cd]. The second-order valence-corrected chi connectivity index (χ2v) is 5.63. The van der Waals surface area contributed by atoms with Crippen LogP contribution < -0.4 is 10.4 Å². The Hall–Kier alpha value is -0.254. The Morgan fingerprint density at radius 1 is 0.625 bits per heavy atom. The first-order valence-corrected chi connectivity index (χ1v) is 7.97. The van der Waals surface area contributed by atoms with E-state index in [9.17, 15) is 0 Å². The van der Waals surface area contributed by atoms with Crippen LogP contribution in [0.4, 0.5) is 11.4 Å². The predicted octanol–water partition coefficient (Wildman–Crippen LogP) is -0.516. The van der Waals surface area contributed by atoms with Crippen molar-refractivity contribution in [2.75, 3.05) is 0 Å². The van der Waals surface area contributed by atoms with Gasteiger partial charge in [0.1, 0.15) is 0 Å². The van der Waals surface area contributed by atoms with Gasteiger partial charge in [0.2, 0.25) is 0 Å². The first-order chi connectivity index (χ1) is 12.6. The zero-order valence-corrected chi connectivity index (χ0v) is 29.5. The zero-order valence-electron chi connectivity index (χ0n) is 17.4. The molecule has 10 N–H and O–H groups in total. The van der Waals surface area contributed by atoms with Crippen LogP contribution in [0.3, 0.4) is 0 Å². The Balaban J connectivity index is -0.000000208. The molecule has 2 aliphatic heterocycles. The molecule has 0 aromatic heterocycles. The van der Waals surface area contributed by atoms with E-state index in [1.54, 1.807) is 12.4 Å². The van der Waals surface area contributed by atoms with Crippen molar-refractivity contribution in [3.05, 3.63) is 93.1 Å². The molecule has 2 aromatic rings. The molecule has 0 saturated carbocycles. The standard InChI is InChI=1S/C12H8N2.C8H10O4.3Cd.3H2O/c1-3-9-5-6-10-4-2-8-14-12(10)11(9)13-7-1;9-7(10)5-2-1-3-6(4-5)8(11)12;;;;;;/h1-8H;1-4,7-12H;;;;3*1H2/q-2;;;;+2;;;. The first kappa shape index (κ1) is 39.0. The third kappa shape index (κ3) is 10.3. The molecule has 4 rings (SSSR count). The van der Waals surface area contributed by atoms with Crippen molar-refractivity contribution in [2.24, 2.45) is 0 Å². The summed E-state index contributed by atoms with van der Waals surface area (Å²) < 4.78 is 0. The number of hydrogen-bond acceptors (Lipinski definition) is 4. The maximum Gasteiger partial charge on any atom is 2.00 e. The summed E-state index contributed by atoms with van der Waals surface area (Å²) in [6, 6.07) is 9.95. The van der Waals surface area contributed by atoms with E-state index in [-0.39, 0.29) is 109 Å². The summed E-state index contributed by atoms with van der Waals surface area (Å²) in [7, 11) is 0. The molecule has 162 valence electrons. The molecule has 0 atom stereocenters. The van der Waals surface area contributed by atoms with Gasteiger partial charge in [0.15, 0.2) is 12.6 Å². The summed E-state index contributed by atoms with van der Waals surface area (Å²) in [6.45, 7) is 0. The fourth-order valence-corrected chi connectivity index (χ4v) is 2.56. The Kier molecular flexibility index (Phi) is 23.3. The van der Waals surface area contributed by atoms with E-state index < -0.39 is 12.6 Å². The molecule has 0 saturated heterocycles. The number of benzene rings is 2. The first-order valence-electron chi connectivity index (χ1n) is 7.97. The van der Waals surface area contributed by atoms with E-state index in [1.807, 2.05) is 12.2 Å². The molecule has 0 radical (unpaired) electrons. The summed E-state index contributed by atoms with van der Waals surface area (Å²) in [5, 5.41) is 45.9. The van der Waals surface area contributed by atoms with E-state index in [0.29, 0.717) is 0 Å². The van der Waals surface area contributed by atoms with Gasteiger partial charge >= 0.3 is 27.3 Å². The fraction of sp³-hybridized carbons (Fsp3) is 0.100. The van der Waals surface area contributed by atoms with E-state index in [2.05, 4.69) is 34.9 Å². The molecule has 0 amide bonds. The van der Waals surface area contributed by atoms with Crippen molar-refractivity contribution in [3.8, 4) is 0 Å². The number of allylic oxidation sites excluding steroid dienone is 2. The molecule has 2 aliphatic rings. The normalized spacial score (nSPS) is 10.9. The number of nitrogens with zero attached hydrogens (tertiary/aromatic N) is 2. The largest absolute Gasteiger partial charge is 2.00 e. The van der Waals surface area contributed by atoms with Gasteiger partial charge in [0, 0.05) is 65.7 Å². The molecule has 0 bridgehead atoms. The van der Waals surface area contributed by atoms with Crippen molar-refractivity contribution >= 4 is 23.5 Å². The van der Waals surface area contributed by atoms with Gasteiger partial charge in [-0.1, -0.05) is 54.6 Å². The molecule has 32 heavy (non-hydrogen) atoms. The zero-order chi connectivity index (χ0) is 18.5. The van der Waals surface area contributed by atoms with Gasteiger partial charge in [0.05, 0.1) is 0 Å². The Labute approximate surface area is 245 Å². The van der Waals surface area contributed by atoms with Gasteiger partial charge in [-0.05, 0) is 16.5 Å². The van der Waals surface area contributed by atoms with Gasteiger partial charge < -0.3 is 47.5 Å². The fourth-order valence-electron chi connectivity index (χ4n) is 2.56. The quantitative estimate of drug-likeness (QED) is 0.237. The van der Waals surface area contributed by atoms with E-state index >= 15 is 0 Å². The van der Waals surface area contributed by atoms with Crippen LogP contribution in [0.25, 0.3) is 22.8 Å². The van der Waals surface area contributed by atoms with Crippen LogP contribution in [0.15, 0.2) is 61.0 Å². The van der Waals surface area contributed by atoms with Gasteiger partial charge in [0.25, 0.3) is 0 Å². The van der Waals surface area contributed by atoms with Crippen LogP contribution in [0.1, 0.15) is 23.7 Å². The summed E-state index contributed by atoms with van der Waals surface area (Å²) in [6.07, 6.45) is 8.43. The smallest absolute Gasteiger partial charge is 0.665 e. The maximum atomic E-state index is 8.72. The van der Waals surface area contributed by atoms with Crippen molar-refractivity contribution in [1.29, 1.82) is 0 Å². The van der Waals surface area contributed by atoms with E-state index in [0.717, 1.165) is 21.8 Å². The van der Waals surface area contributed by atoms with Gasteiger partial charge in [-0.15, -0.1) is 11.4 Å². The summed E-state index contributed by atoms with van der Waals surface area (Å²) in [4.78, 5) is 0. The monoisotopic (exact) mass is 746 g/mol. The molecule has 9 nitrogen and oxygen atoms in total. The molecule has 2 aromatic carbocycles. The summed E-state index contributed by atoms with van der Waals surface area (Å²) >= 11 is 0. The number of aliphatic hydroxyl groups is 4. The molecule has 0 fully saturated rings. The van der Waals surface area contributed by atoms with Crippen molar-refractivity contribution in [3.63, 3.8) is 0 Å². The molecule has 0 spiro atoms. The molecular weight excluding hydrogens is 717 g/mol. The number of fused-ring (bicyclic) bond motifs is 3. The molecule has 0 unspecified atom stereocenters. The maximum absolute atomic E-state index is 8.72. The van der Waals surface area contributed by atoms with Crippen LogP contribution in [0.5, 0.6) is 0 Å². The second-order valence-electron chi connectivity index (χ2n) is 5.63. The van der Waals surface area contributed by atoms with Crippen LogP contribution in [0.2, 0.25) is 0 Å². The molecule has 2 heterocycles. The van der Waals surface area contributed by atoms with Gasteiger partial charge in [-0.3, -0.25) is 0 Å². The minimum atomic E-state index is -1.58. The van der Waals surface area contributed by atoms with Crippen molar-refractivity contribution in [2.45, 2.75) is 12.6 Å². The van der Waals surface area contributed by atoms with Crippen LogP contribution in [-0.4, -0.2) is 36.9 Å². The topological polar surface area (TPSA) is 204 Å². The number of hydrogen-bond donors (Lipinski definition) is 4. The van der Waals surface area contributed by atoms with Crippen molar-refractivity contribution < 1.29 is 119 Å². The Bertz CT molecular complexity index is 909. The summed E-state index contributed by atoms with van der Waals surface area (Å²) in [5.74, 6) is 0. The molecule has 0 aliphatic carbocycles. The van der Waals surface area contributed by atoms with Crippen molar-refractivity contribution in [1.82, 2.24) is 0 Å². The third-order valence-corrected chi connectivity index (χ3v) is 3.85. The van der Waals surface area contributed by atoms with E-state index in [4.69, 9.17) is 20.4 Å². The average molecular weight is 742 g/mol. The number of aliphatic hydroxyl groups excluding tert-OH is 2. The molecular formula is C20H24Cd3N2O7.